The van der Waals surface area contributed by atoms with Crippen molar-refractivity contribution in [1.82, 2.24) is 4.98 Å². The lowest BCUT2D eigenvalue weighted by Crippen LogP contribution is -2.55. The number of esters is 1. The van der Waals surface area contributed by atoms with Crippen molar-refractivity contribution >= 4 is 37.3 Å². The fourth-order valence-corrected chi connectivity index (χ4v) is 7.29. The van der Waals surface area contributed by atoms with E-state index in [1.165, 1.54) is 12.1 Å². The first-order valence-corrected chi connectivity index (χ1v) is 12.1. The minimum Gasteiger partial charge on any atom is -0.460 e. The van der Waals surface area contributed by atoms with E-state index in [0.29, 0.717) is 23.3 Å². The number of hydrogen-bond acceptors (Lipinski definition) is 6. The minimum absolute atomic E-state index is 0.0642. The van der Waals surface area contributed by atoms with E-state index in [4.69, 9.17) is 9.73 Å². The number of fused-ring (bicyclic) bond motifs is 1. The molecule has 0 fully saturated rings. The molecule has 0 spiro atoms. The first kappa shape index (κ1) is 22.3. The number of halogens is 2. The van der Waals surface area contributed by atoms with Gasteiger partial charge in [-0.05, 0) is 75.5 Å². The van der Waals surface area contributed by atoms with Crippen molar-refractivity contribution < 1.29 is 18.1 Å². The van der Waals surface area contributed by atoms with Crippen LogP contribution >= 0.6 is 15.9 Å². The summed E-state index contributed by atoms with van der Waals surface area (Å²) in [6, 6.07) is 2.81. The zero-order chi connectivity index (χ0) is 21.7. The number of nitrogens with zero attached hydrogens (tertiary/aromatic N) is 3. The second-order valence-corrected chi connectivity index (χ2v) is 12.6. The van der Waals surface area contributed by atoms with Crippen LogP contribution in [0.5, 0.6) is 0 Å². The largest absolute Gasteiger partial charge is 0.460 e. The molecule has 0 saturated heterocycles. The van der Waals surface area contributed by atoms with Crippen molar-refractivity contribution in [2.24, 2.45) is 9.36 Å². The van der Waals surface area contributed by atoms with E-state index in [2.05, 4.69) is 25.3 Å². The average molecular weight is 488 g/mol. The minimum atomic E-state index is -2.79. The standard InChI is InChI=1S/C20H27BrFN3O3S/c1-18(2,3)28-16(26)11-14-20(5)9-6-10-23-29(20,27)12-19(4,25-14)17-13(22)7-8-15(21)24-17/h7-8H,6,9-12H2,1-5H3/t19-,20-,29-/m0/s1. The number of aliphatic imine (C=N–C) groups is 1. The van der Waals surface area contributed by atoms with Gasteiger partial charge in [0.25, 0.3) is 0 Å². The van der Waals surface area contributed by atoms with E-state index in [9.17, 15) is 13.4 Å². The Morgan fingerprint density at radius 3 is 2.69 bits per heavy atom. The molecule has 0 saturated carbocycles. The molecule has 29 heavy (non-hydrogen) atoms. The summed E-state index contributed by atoms with van der Waals surface area (Å²) in [6.07, 6.45) is 1.27. The number of carbonyl (C=O) groups excluding carboxylic acids is 1. The molecule has 9 heteroatoms. The van der Waals surface area contributed by atoms with Crippen LogP contribution in [-0.2, 0) is 24.8 Å². The summed E-state index contributed by atoms with van der Waals surface area (Å²) in [5, 5.41) is 0. The van der Waals surface area contributed by atoms with E-state index in [0.717, 1.165) is 6.42 Å². The van der Waals surface area contributed by atoms with Gasteiger partial charge in [0.2, 0.25) is 0 Å². The van der Waals surface area contributed by atoms with Gasteiger partial charge in [0.15, 0.2) is 0 Å². The van der Waals surface area contributed by atoms with E-state index in [-0.39, 0.29) is 17.9 Å². The molecule has 3 atom stereocenters. The molecule has 2 aliphatic rings. The number of hydrogen-bond donors (Lipinski definition) is 0. The van der Waals surface area contributed by atoms with Crippen molar-refractivity contribution in [2.45, 2.75) is 69.8 Å². The van der Waals surface area contributed by atoms with Crippen molar-refractivity contribution in [3.8, 4) is 0 Å². The molecule has 1 aromatic rings. The van der Waals surface area contributed by atoms with Gasteiger partial charge in [0.05, 0.1) is 26.6 Å². The Labute approximate surface area is 180 Å². The highest BCUT2D eigenvalue weighted by Gasteiger charge is 2.52. The lowest BCUT2D eigenvalue weighted by atomic mass is 9.92. The molecule has 0 amide bonds. The molecule has 6 nitrogen and oxygen atoms in total. The number of ether oxygens (including phenoxy) is 1. The zero-order valence-electron chi connectivity index (χ0n) is 17.4. The Hall–Kier alpha value is -1.35. The number of aromatic nitrogens is 1. The Morgan fingerprint density at radius 2 is 2.03 bits per heavy atom. The van der Waals surface area contributed by atoms with Crippen molar-refractivity contribution in [3.05, 3.63) is 28.2 Å². The third-order valence-corrected chi connectivity index (χ3v) is 9.18. The summed E-state index contributed by atoms with van der Waals surface area (Å²) >= 11 is 3.27. The third kappa shape index (κ3) is 4.26. The second kappa shape index (κ2) is 7.41. The highest BCUT2D eigenvalue weighted by atomic mass is 79.9. The van der Waals surface area contributed by atoms with Crippen LogP contribution in [0.25, 0.3) is 0 Å². The van der Waals surface area contributed by atoms with Gasteiger partial charge in [0.1, 0.15) is 27.3 Å². The monoisotopic (exact) mass is 487 g/mol. The molecule has 1 aromatic heterocycles. The van der Waals surface area contributed by atoms with Gasteiger partial charge >= 0.3 is 5.97 Å². The normalized spacial score (nSPS) is 32.0. The molecular weight excluding hydrogens is 461 g/mol. The molecule has 3 rings (SSSR count). The van der Waals surface area contributed by atoms with E-state index in [1.807, 2.05) is 6.92 Å². The highest BCUT2D eigenvalue weighted by Crippen LogP contribution is 2.44. The van der Waals surface area contributed by atoms with E-state index >= 15 is 0 Å². The lowest BCUT2D eigenvalue weighted by molar-refractivity contribution is -0.153. The van der Waals surface area contributed by atoms with E-state index in [1.54, 1.807) is 27.7 Å². The first-order chi connectivity index (χ1) is 13.3. The van der Waals surface area contributed by atoms with E-state index < -0.39 is 37.4 Å². The fraction of sp³-hybridized carbons (Fsp3) is 0.650. The predicted octanol–water partition coefficient (Wildman–Crippen LogP) is 4.41. The predicted molar refractivity (Wildman–Crippen MR) is 115 cm³/mol. The van der Waals surface area contributed by atoms with Crippen LogP contribution in [0.4, 0.5) is 4.39 Å². The van der Waals surface area contributed by atoms with Gasteiger partial charge in [-0.3, -0.25) is 9.79 Å². The summed E-state index contributed by atoms with van der Waals surface area (Å²) in [4.78, 5) is 21.7. The third-order valence-electron chi connectivity index (χ3n) is 5.34. The van der Waals surface area contributed by atoms with Gasteiger partial charge in [0, 0.05) is 12.3 Å². The first-order valence-electron chi connectivity index (χ1n) is 9.62. The van der Waals surface area contributed by atoms with Crippen molar-refractivity contribution in [2.75, 3.05) is 12.3 Å². The molecule has 0 aliphatic carbocycles. The van der Waals surface area contributed by atoms with Crippen molar-refractivity contribution in [1.29, 1.82) is 0 Å². The summed E-state index contributed by atoms with van der Waals surface area (Å²) in [5.74, 6) is -0.912. The molecule has 0 radical (unpaired) electrons. The van der Waals surface area contributed by atoms with Gasteiger partial charge in [-0.15, -0.1) is 0 Å². The maximum Gasteiger partial charge on any atom is 0.312 e. The topological polar surface area (TPSA) is 81.0 Å². The number of rotatable bonds is 3. The van der Waals surface area contributed by atoms with Crippen LogP contribution in [0.2, 0.25) is 0 Å². The quantitative estimate of drug-likeness (QED) is 0.467. The smallest absolute Gasteiger partial charge is 0.312 e. The maximum atomic E-state index is 14.7. The Kier molecular flexibility index (Phi) is 5.71. The molecule has 0 unspecified atom stereocenters. The van der Waals surface area contributed by atoms with Crippen LogP contribution in [0.15, 0.2) is 26.1 Å². The summed E-state index contributed by atoms with van der Waals surface area (Å²) in [5.41, 5.74) is -1.29. The number of pyridine rings is 1. The maximum absolute atomic E-state index is 14.7. The van der Waals surface area contributed by atoms with Gasteiger partial charge in [-0.25, -0.2) is 17.9 Å². The SMILES string of the molecule is CC(C)(C)OC(=O)CC1=N[C@](C)(c2nc(Br)ccc2F)C[S@@]2(=O)=NCCC[C@@]12C. The zero-order valence-corrected chi connectivity index (χ0v) is 19.8. The van der Waals surface area contributed by atoms with Crippen LogP contribution in [0.3, 0.4) is 0 Å². The molecule has 160 valence electrons. The number of carbonyl (C=O) groups is 1. The Bertz CT molecular complexity index is 997. The van der Waals surface area contributed by atoms with Gasteiger partial charge in [-0.1, -0.05) is 0 Å². The summed E-state index contributed by atoms with van der Waals surface area (Å²) < 4.78 is 38.3. The molecule has 0 bridgehead atoms. The van der Waals surface area contributed by atoms with Crippen LogP contribution in [0, 0.1) is 5.82 Å². The van der Waals surface area contributed by atoms with Gasteiger partial charge in [-0.2, -0.15) is 0 Å². The molecule has 0 aromatic carbocycles. The van der Waals surface area contributed by atoms with Crippen LogP contribution in [0.1, 0.15) is 59.6 Å². The molecule has 2 aliphatic heterocycles. The highest BCUT2D eigenvalue weighted by molar-refractivity contribution is 9.10. The molecule has 3 heterocycles. The second-order valence-electron chi connectivity index (χ2n) is 9.03. The van der Waals surface area contributed by atoms with Crippen LogP contribution < -0.4 is 0 Å². The fourth-order valence-electron chi connectivity index (χ4n) is 3.95. The van der Waals surface area contributed by atoms with Crippen LogP contribution in [-0.4, -0.2) is 43.5 Å². The summed E-state index contributed by atoms with van der Waals surface area (Å²) in [7, 11) is -2.79. The van der Waals surface area contributed by atoms with Gasteiger partial charge < -0.3 is 4.74 Å². The lowest BCUT2D eigenvalue weighted by Gasteiger charge is -2.45. The Balaban J connectivity index is 2.15. The summed E-state index contributed by atoms with van der Waals surface area (Å²) in [6.45, 7) is 9.41. The Morgan fingerprint density at radius 1 is 1.34 bits per heavy atom. The molecular formula is C20H27BrFN3O3S. The van der Waals surface area contributed by atoms with Crippen molar-refractivity contribution in [3.63, 3.8) is 0 Å². The molecule has 0 N–H and O–H groups in total. The average Bonchev–Trinajstić information content (AvgIpc) is 2.56.